The Morgan fingerprint density at radius 1 is 1.12 bits per heavy atom. The van der Waals surface area contributed by atoms with Crippen molar-refractivity contribution < 1.29 is 14.3 Å². The fraction of sp³-hybridized carbons (Fsp3) is 0.200. The lowest BCUT2D eigenvalue weighted by molar-refractivity contribution is 0.0605. The number of amides is 1. The van der Waals surface area contributed by atoms with Gasteiger partial charge in [-0.1, -0.05) is 11.3 Å². The van der Waals surface area contributed by atoms with Crippen LogP contribution >= 0.6 is 34.0 Å². The van der Waals surface area contributed by atoms with Gasteiger partial charge in [0.2, 0.25) is 0 Å². The van der Waals surface area contributed by atoms with Crippen molar-refractivity contribution in [2.75, 3.05) is 12.4 Å². The topological polar surface area (TPSA) is 81.2 Å². The molecule has 0 bridgehead atoms. The number of esters is 1. The molecular weight excluding hydrogens is 366 g/mol. The van der Waals surface area contributed by atoms with Crippen LogP contribution in [-0.4, -0.2) is 29.0 Å². The maximum absolute atomic E-state index is 12.5. The van der Waals surface area contributed by atoms with Crippen LogP contribution in [0.4, 0.5) is 5.13 Å². The fourth-order valence-corrected chi connectivity index (χ4v) is 4.56. The van der Waals surface area contributed by atoms with Crippen LogP contribution in [0.3, 0.4) is 0 Å². The first-order valence-electron chi connectivity index (χ1n) is 6.86. The van der Waals surface area contributed by atoms with Gasteiger partial charge >= 0.3 is 5.97 Å². The number of carbonyl (C=O) groups excluding carboxylic acids is 2. The molecule has 0 radical (unpaired) electrons. The lowest BCUT2D eigenvalue weighted by Crippen LogP contribution is -2.11. The van der Waals surface area contributed by atoms with E-state index < -0.39 is 5.97 Å². The summed E-state index contributed by atoms with van der Waals surface area (Å²) in [5.74, 6) is -0.740. The third-order valence-corrected chi connectivity index (χ3v) is 6.10. The molecule has 1 amide bonds. The number of hydrogen-bond donors (Lipinski definition) is 1. The van der Waals surface area contributed by atoms with Crippen LogP contribution < -0.4 is 5.32 Å². The van der Waals surface area contributed by atoms with E-state index in [1.54, 1.807) is 25.2 Å². The van der Waals surface area contributed by atoms with Crippen LogP contribution in [-0.2, 0) is 4.74 Å². The average Bonchev–Trinajstić information content (AvgIpc) is 3.26. The number of rotatable bonds is 4. The summed E-state index contributed by atoms with van der Waals surface area (Å²) < 4.78 is 4.70. The fourth-order valence-electron chi connectivity index (χ4n) is 2.00. The first-order chi connectivity index (χ1) is 11.5. The van der Waals surface area contributed by atoms with Crippen molar-refractivity contribution in [3.8, 4) is 10.6 Å². The molecule has 3 aromatic heterocycles. The van der Waals surface area contributed by atoms with Gasteiger partial charge in [-0.2, -0.15) is 11.3 Å². The maximum atomic E-state index is 12.5. The number of hydrogen-bond acceptors (Lipinski definition) is 8. The first kappa shape index (κ1) is 16.7. The number of methoxy groups -OCH3 is 1. The van der Waals surface area contributed by atoms with E-state index in [2.05, 4.69) is 15.3 Å². The smallest absolute Gasteiger partial charge is 0.350 e. The predicted octanol–water partition coefficient (Wildman–Crippen LogP) is 3.98. The molecule has 0 aliphatic carbocycles. The van der Waals surface area contributed by atoms with Crippen LogP contribution in [0.1, 0.15) is 30.7 Å². The van der Waals surface area contributed by atoms with Gasteiger partial charge in [-0.15, -0.1) is 11.3 Å². The zero-order valence-corrected chi connectivity index (χ0v) is 15.5. The van der Waals surface area contributed by atoms with Gasteiger partial charge in [0.05, 0.1) is 18.5 Å². The number of carbonyl (C=O) groups is 2. The SMILES string of the molecule is COC(=O)c1sc(NC(=O)c2sc(-c3ccsc3)nc2C)nc1C. The number of thiazole rings is 2. The van der Waals surface area contributed by atoms with Crippen LogP contribution in [0.2, 0.25) is 0 Å². The zero-order valence-electron chi connectivity index (χ0n) is 13.1. The number of nitrogens with zero attached hydrogens (tertiary/aromatic N) is 2. The summed E-state index contributed by atoms with van der Waals surface area (Å²) >= 11 is 4.01. The molecule has 0 aromatic carbocycles. The number of anilines is 1. The van der Waals surface area contributed by atoms with Gasteiger partial charge in [0.15, 0.2) is 5.13 Å². The molecule has 0 fully saturated rings. The molecule has 24 heavy (non-hydrogen) atoms. The van der Waals surface area contributed by atoms with E-state index in [0.29, 0.717) is 26.3 Å². The molecule has 3 heterocycles. The lowest BCUT2D eigenvalue weighted by Gasteiger charge is -1.98. The minimum absolute atomic E-state index is 0.281. The van der Waals surface area contributed by atoms with Crippen molar-refractivity contribution in [2.24, 2.45) is 0 Å². The molecule has 9 heteroatoms. The zero-order chi connectivity index (χ0) is 17.3. The molecule has 0 aliphatic heterocycles. The quantitative estimate of drug-likeness (QED) is 0.693. The molecule has 0 spiro atoms. The minimum atomic E-state index is -0.459. The van der Waals surface area contributed by atoms with Gasteiger partial charge in [0, 0.05) is 10.9 Å². The van der Waals surface area contributed by atoms with Gasteiger partial charge in [-0.05, 0) is 25.3 Å². The van der Waals surface area contributed by atoms with Crippen LogP contribution in [0, 0.1) is 13.8 Å². The largest absolute Gasteiger partial charge is 0.465 e. The average molecular weight is 379 g/mol. The summed E-state index contributed by atoms with van der Waals surface area (Å²) in [7, 11) is 1.31. The van der Waals surface area contributed by atoms with Crippen LogP contribution in [0.15, 0.2) is 16.8 Å². The molecule has 1 N–H and O–H groups in total. The van der Waals surface area contributed by atoms with Crippen molar-refractivity contribution in [2.45, 2.75) is 13.8 Å². The van der Waals surface area contributed by atoms with E-state index in [-0.39, 0.29) is 5.91 Å². The molecular formula is C15H13N3O3S3. The van der Waals surface area contributed by atoms with Crippen molar-refractivity contribution in [3.05, 3.63) is 38.0 Å². The van der Waals surface area contributed by atoms with E-state index >= 15 is 0 Å². The second-order valence-electron chi connectivity index (χ2n) is 4.82. The van der Waals surface area contributed by atoms with Crippen molar-refractivity contribution in [1.82, 2.24) is 9.97 Å². The Morgan fingerprint density at radius 2 is 1.88 bits per heavy atom. The summed E-state index contributed by atoms with van der Waals surface area (Å²) in [4.78, 5) is 33.7. The molecule has 0 atom stereocenters. The first-order valence-corrected chi connectivity index (χ1v) is 9.44. The second-order valence-corrected chi connectivity index (χ2v) is 7.60. The Balaban J connectivity index is 1.82. The summed E-state index contributed by atoms with van der Waals surface area (Å²) in [6.45, 7) is 3.50. The molecule has 0 saturated heterocycles. The van der Waals surface area contributed by atoms with Gasteiger partial charge in [0.25, 0.3) is 5.91 Å². The Kier molecular flexibility index (Phi) is 4.74. The Morgan fingerprint density at radius 3 is 2.54 bits per heavy atom. The Hall–Kier alpha value is -2.10. The number of aryl methyl sites for hydroxylation is 2. The predicted molar refractivity (Wildman–Crippen MR) is 96.3 cm³/mol. The van der Waals surface area contributed by atoms with Crippen LogP contribution in [0.5, 0.6) is 0 Å². The van der Waals surface area contributed by atoms with Gasteiger partial charge < -0.3 is 4.74 Å². The lowest BCUT2D eigenvalue weighted by atomic mass is 10.3. The summed E-state index contributed by atoms with van der Waals surface area (Å²) in [5.41, 5.74) is 2.20. The van der Waals surface area contributed by atoms with Crippen molar-refractivity contribution in [1.29, 1.82) is 0 Å². The van der Waals surface area contributed by atoms with E-state index in [0.717, 1.165) is 21.9 Å². The standard InChI is InChI=1S/C15H13N3O3S3/c1-7-10(23-13(16-7)9-4-5-22-6-9)12(19)18-15-17-8(2)11(24-15)14(20)21-3/h4-6H,1-3H3,(H,17,18,19). The van der Waals surface area contributed by atoms with E-state index in [9.17, 15) is 9.59 Å². The number of thiophene rings is 1. The Bertz CT molecular complexity index is 897. The molecule has 0 saturated carbocycles. The minimum Gasteiger partial charge on any atom is -0.465 e. The van der Waals surface area contributed by atoms with Gasteiger partial charge in [-0.25, -0.2) is 14.8 Å². The third kappa shape index (κ3) is 3.23. The van der Waals surface area contributed by atoms with Crippen molar-refractivity contribution in [3.63, 3.8) is 0 Å². The number of nitrogens with one attached hydrogen (secondary N) is 1. The van der Waals surface area contributed by atoms with Crippen LogP contribution in [0.25, 0.3) is 10.6 Å². The molecule has 124 valence electrons. The van der Waals surface area contributed by atoms with E-state index in [4.69, 9.17) is 4.74 Å². The summed E-state index contributed by atoms with van der Waals surface area (Å²) in [6.07, 6.45) is 0. The highest BCUT2D eigenvalue weighted by molar-refractivity contribution is 7.19. The summed E-state index contributed by atoms with van der Waals surface area (Å²) in [5, 5.41) is 7.87. The highest BCUT2D eigenvalue weighted by Crippen LogP contribution is 2.30. The molecule has 3 aromatic rings. The monoisotopic (exact) mass is 379 g/mol. The normalized spacial score (nSPS) is 10.6. The maximum Gasteiger partial charge on any atom is 0.350 e. The highest BCUT2D eigenvalue weighted by atomic mass is 32.1. The molecule has 0 unspecified atom stereocenters. The highest BCUT2D eigenvalue weighted by Gasteiger charge is 2.20. The molecule has 6 nitrogen and oxygen atoms in total. The third-order valence-electron chi connectivity index (χ3n) is 3.16. The van der Waals surface area contributed by atoms with Crippen molar-refractivity contribution >= 4 is 51.0 Å². The van der Waals surface area contributed by atoms with E-state index in [1.807, 2.05) is 16.8 Å². The molecule has 0 aliphatic rings. The van der Waals surface area contributed by atoms with E-state index in [1.165, 1.54) is 18.4 Å². The van der Waals surface area contributed by atoms with Gasteiger partial charge in [0.1, 0.15) is 14.8 Å². The summed E-state index contributed by atoms with van der Waals surface area (Å²) in [6, 6.07) is 1.97. The number of aromatic nitrogens is 2. The second kappa shape index (κ2) is 6.80. The molecule has 3 rings (SSSR count). The Labute approximate surface area is 150 Å². The van der Waals surface area contributed by atoms with Gasteiger partial charge in [-0.3, -0.25) is 10.1 Å². The number of ether oxygens (including phenoxy) is 1.